The average molecular weight is 494 g/mol. The molecule has 2 rings (SSSR count). The van der Waals surface area contributed by atoms with E-state index in [4.69, 9.17) is 4.74 Å². The van der Waals surface area contributed by atoms with Crippen molar-refractivity contribution in [3.05, 3.63) is 40.4 Å². The summed E-state index contributed by atoms with van der Waals surface area (Å²) in [5.41, 5.74) is 0.409. The zero-order valence-corrected chi connectivity index (χ0v) is 20.0. The third-order valence-electron chi connectivity index (χ3n) is 4.84. The Morgan fingerprint density at radius 3 is 2.39 bits per heavy atom. The van der Waals surface area contributed by atoms with E-state index in [2.05, 4.69) is 26.6 Å². The van der Waals surface area contributed by atoms with Gasteiger partial charge in [-0.25, -0.2) is 4.79 Å². The van der Waals surface area contributed by atoms with Crippen LogP contribution in [0.3, 0.4) is 0 Å². The minimum atomic E-state index is -0.555. The van der Waals surface area contributed by atoms with Crippen LogP contribution in [0.25, 0.3) is 6.08 Å². The molecule has 0 bridgehead atoms. The number of hydrogen-bond donors (Lipinski definition) is 2. The van der Waals surface area contributed by atoms with Gasteiger partial charge < -0.3 is 20.3 Å². The van der Waals surface area contributed by atoms with Gasteiger partial charge in [-0.15, -0.1) is 0 Å². The first-order chi connectivity index (χ1) is 14.6. The minimum absolute atomic E-state index is 0.0241. The van der Waals surface area contributed by atoms with Crippen molar-refractivity contribution in [1.29, 1.82) is 0 Å². The Bertz CT molecular complexity index is 779. The highest BCUT2D eigenvalue weighted by Crippen LogP contribution is 2.17. The van der Waals surface area contributed by atoms with Crippen LogP contribution in [0.5, 0.6) is 0 Å². The van der Waals surface area contributed by atoms with Crippen LogP contribution in [0.2, 0.25) is 0 Å². The van der Waals surface area contributed by atoms with Crippen LogP contribution in [0.4, 0.5) is 4.79 Å². The van der Waals surface area contributed by atoms with Crippen molar-refractivity contribution < 1.29 is 19.1 Å². The molecule has 2 N–H and O–H groups in total. The first-order valence-corrected chi connectivity index (χ1v) is 11.4. The number of nitrogens with one attached hydrogen (secondary N) is 2. The summed E-state index contributed by atoms with van der Waals surface area (Å²) in [6.45, 7) is 7.58. The number of carbonyl (C=O) groups is 3. The molecule has 0 aromatic heterocycles. The Labute approximate surface area is 192 Å². The van der Waals surface area contributed by atoms with Crippen LogP contribution in [0.15, 0.2) is 34.8 Å². The van der Waals surface area contributed by atoms with Gasteiger partial charge in [0.05, 0.1) is 0 Å². The molecule has 31 heavy (non-hydrogen) atoms. The highest BCUT2D eigenvalue weighted by molar-refractivity contribution is 9.10. The molecule has 1 fully saturated rings. The highest BCUT2D eigenvalue weighted by Gasteiger charge is 2.23. The number of piperidine rings is 1. The summed E-state index contributed by atoms with van der Waals surface area (Å²) >= 11 is 3.39. The number of alkyl carbamates (subject to hydrolysis) is 1. The molecule has 7 nitrogen and oxygen atoms in total. The van der Waals surface area contributed by atoms with E-state index >= 15 is 0 Å². The lowest BCUT2D eigenvalue weighted by Crippen LogP contribution is -2.42. The summed E-state index contributed by atoms with van der Waals surface area (Å²) in [5.74, 6) is 0.264. The van der Waals surface area contributed by atoms with E-state index in [9.17, 15) is 14.4 Å². The van der Waals surface area contributed by atoms with Gasteiger partial charge in [0.2, 0.25) is 11.8 Å². The number of carbonyl (C=O) groups excluding carboxylic acids is 3. The summed E-state index contributed by atoms with van der Waals surface area (Å²) in [4.78, 5) is 37.8. The Morgan fingerprint density at radius 2 is 1.77 bits per heavy atom. The maximum Gasteiger partial charge on any atom is 0.407 e. The van der Waals surface area contributed by atoms with Crippen LogP contribution in [-0.2, 0) is 14.3 Å². The first-order valence-electron chi connectivity index (χ1n) is 10.6. The molecule has 0 atom stereocenters. The van der Waals surface area contributed by atoms with E-state index in [0.717, 1.165) is 22.9 Å². The zero-order chi connectivity index (χ0) is 22.9. The predicted molar refractivity (Wildman–Crippen MR) is 124 cm³/mol. The van der Waals surface area contributed by atoms with Crippen LogP contribution in [0, 0.1) is 5.92 Å². The Kier molecular flexibility index (Phi) is 9.55. The molecule has 1 saturated heterocycles. The lowest BCUT2D eigenvalue weighted by atomic mass is 9.96. The van der Waals surface area contributed by atoms with E-state index < -0.39 is 11.7 Å². The fourth-order valence-corrected chi connectivity index (χ4v) is 3.44. The van der Waals surface area contributed by atoms with Gasteiger partial charge in [-0.1, -0.05) is 28.1 Å². The fraction of sp³-hybridized carbons (Fsp3) is 0.522. The quantitative estimate of drug-likeness (QED) is 0.566. The van der Waals surface area contributed by atoms with Crippen molar-refractivity contribution in [3.63, 3.8) is 0 Å². The largest absolute Gasteiger partial charge is 0.444 e. The van der Waals surface area contributed by atoms with Gasteiger partial charge in [0.15, 0.2) is 0 Å². The molecule has 170 valence electrons. The number of hydrogen-bond acceptors (Lipinski definition) is 4. The lowest BCUT2D eigenvalue weighted by molar-refractivity contribution is -0.132. The van der Waals surface area contributed by atoms with Crippen LogP contribution in [0.1, 0.15) is 45.6 Å². The number of halogens is 1. The van der Waals surface area contributed by atoms with E-state index in [-0.39, 0.29) is 24.8 Å². The van der Waals surface area contributed by atoms with E-state index in [1.807, 2.05) is 29.2 Å². The Hall–Kier alpha value is -2.35. The van der Waals surface area contributed by atoms with Crippen molar-refractivity contribution in [2.75, 3.05) is 26.2 Å². The molecule has 1 aromatic carbocycles. The van der Waals surface area contributed by atoms with Gasteiger partial charge >= 0.3 is 6.09 Å². The molecular formula is C23H32BrN3O4. The van der Waals surface area contributed by atoms with Gasteiger partial charge in [0.1, 0.15) is 5.60 Å². The lowest BCUT2D eigenvalue weighted by Gasteiger charge is -2.32. The number of likely N-dealkylation sites (tertiary alicyclic amines) is 1. The average Bonchev–Trinajstić information content (AvgIpc) is 2.71. The molecule has 8 heteroatoms. The van der Waals surface area contributed by atoms with E-state index in [1.54, 1.807) is 32.9 Å². The van der Waals surface area contributed by atoms with Gasteiger partial charge in [0.25, 0.3) is 0 Å². The van der Waals surface area contributed by atoms with Crippen molar-refractivity contribution in [2.24, 2.45) is 5.92 Å². The number of benzene rings is 1. The van der Waals surface area contributed by atoms with Crippen LogP contribution in [-0.4, -0.2) is 54.6 Å². The summed E-state index contributed by atoms with van der Waals surface area (Å²) in [6.07, 6.45) is 4.77. The maximum atomic E-state index is 12.3. The van der Waals surface area contributed by atoms with Gasteiger partial charge in [-0.3, -0.25) is 9.59 Å². The normalized spacial score (nSPS) is 15.0. The highest BCUT2D eigenvalue weighted by atomic mass is 79.9. The van der Waals surface area contributed by atoms with Gasteiger partial charge in [-0.05, 0) is 63.3 Å². The van der Waals surface area contributed by atoms with Crippen LogP contribution >= 0.6 is 15.9 Å². The van der Waals surface area contributed by atoms with Crippen molar-refractivity contribution >= 4 is 39.9 Å². The topological polar surface area (TPSA) is 87.7 Å². The maximum absolute atomic E-state index is 12.3. The molecule has 1 aromatic rings. The molecule has 0 unspecified atom stereocenters. The number of rotatable bonds is 7. The monoisotopic (exact) mass is 493 g/mol. The summed E-state index contributed by atoms with van der Waals surface area (Å²) in [5, 5.41) is 5.56. The zero-order valence-electron chi connectivity index (χ0n) is 18.4. The smallest absolute Gasteiger partial charge is 0.407 e. The molecular weight excluding hydrogens is 462 g/mol. The standard InChI is InChI=1S/C23H32BrN3O4/c1-23(2,3)31-22(30)25-13-10-21(29)27-14-11-18(12-15-27)16-26-20(28)9-6-17-4-7-19(24)8-5-17/h4-9,18H,10-16H2,1-3H3,(H,25,30)(H,26,28)/b9-6+. The van der Waals surface area contributed by atoms with Crippen molar-refractivity contribution in [3.8, 4) is 0 Å². The van der Waals surface area contributed by atoms with E-state index in [0.29, 0.717) is 25.6 Å². The third-order valence-corrected chi connectivity index (χ3v) is 5.37. The second-order valence-electron chi connectivity index (χ2n) is 8.63. The third kappa shape index (κ3) is 10.0. The Morgan fingerprint density at radius 1 is 1.13 bits per heavy atom. The summed E-state index contributed by atoms with van der Waals surface area (Å²) < 4.78 is 6.15. The van der Waals surface area contributed by atoms with Crippen LogP contribution < -0.4 is 10.6 Å². The summed E-state index contributed by atoms with van der Waals surface area (Å²) in [7, 11) is 0. The second kappa shape index (κ2) is 11.9. The predicted octanol–water partition coefficient (Wildman–Crippen LogP) is 3.73. The molecule has 1 heterocycles. The second-order valence-corrected chi connectivity index (χ2v) is 9.55. The molecule has 1 aliphatic heterocycles. The molecule has 0 spiro atoms. The molecule has 3 amide bonds. The number of amides is 3. The van der Waals surface area contributed by atoms with Crippen molar-refractivity contribution in [1.82, 2.24) is 15.5 Å². The fourth-order valence-electron chi connectivity index (χ4n) is 3.18. The van der Waals surface area contributed by atoms with Crippen molar-refractivity contribution in [2.45, 2.75) is 45.6 Å². The molecule has 0 radical (unpaired) electrons. The SMILES string of the molecule is CC(C)(C)OC(=O)NCCC(=O)N1CCC(CNC(=O)/C=C/c2ccc(Br)cc2)CC1. The van der Waals surface area contributed by atoms with Gasteiger partial charge in [0, 0.05) is 43.1 Å². The number of nitrogens with zero attached hydrogens (tertiary/aromatic N) is 1. The molecule has 0 aliphatic carbocycles. The van der Waals surface area contributed by atoms with E-state index in [1.165, 1.54) is 0 Å². The molecule has 0 saturated carbocycles. The minimum Gasteiger partial charge on any atom is -0.444 e. The summed E-state index contributed by atoms with van der Waals surface area (Å²) in [6, 6.07) is 7.73. The first kappa shape index (κ1) is 24.9. The molecule has 1 aliphatic rings. The van der Waals surface area contributed by atoms with Gasteiger partial charge in [-0.2, -0.15) is 0 Å². The Balaban J connectivity index is 1.62. The number of ether oxygens (including phenoxy) is 1.